The molecular weight excluding hydrogens is 246 g/mol. The lowest BCUT2D eigenvalue weighted by atomic mass is 9.98. The molecule has 1 N–H and O–H groups in total. The highest BCUT2D eigenvalue weighted by molar-refractivity contribution is 5.91. The molecule has 2 rings (SSSR count). The number of fused-ring (bicyclic) bond motifs is 1. The molecule has 2 nitrogen and oxygen atoms in total. The topological polar surface area (TPSA) is 21.3 Å². The molecule has 1 unspecified atom stereocenters. The number of hydrogen-bond acceptors (Lipinski definition) is 2. The van der Waals surface area contributed by atoms with Gasteiger partial charge in [0.15, 0.2) is 0 Å². The second kappa shape index (κ2) is 7.30. The second-order valence-electron chi connectivity index (χ2n) is 5.37. The van der Waals surface area contributed by atoms with Crippen molar-refractivity contribution in [1.29, 1.82) is 0 Å². The predicted octanol–water partition coefficient (Wildman–Crippen LogP) is 4.17. The fourth-order valence-corrected chi connectivity index (χ4v) is 2.59. The van der Waals surface area contributed by atoms with Crippen LogP contribution >= 0.6 is 0 Å². The minimum absolute atomic E-state index is 0.566. The van der Waals surface area contributed by atoms with Crippen LogP contribution in [-0.2, 0) is 6.42 Å². The van der Waals surface area contributed by atoms with Gasteiger partial charge >= 0.3 is 0 Å². The molecule has 0 aliphatic carbocycles. The summed E-state index contributed by atoms with van der Waals surface area (Å²) >= 11 is 0. The monoisotopic (exact) mass is 271 g/mol. The van der Waals surface area contributed by atoms with E-state index in [1.807, 2.05) is 0 Å². The summed E-state index contributed by atoms with van der Waals surface area (Å²) in [6.45, 7) is 5.57. The highest BCUT2D eigenvalue weighted by Gasteiger charge is 2.07. The van der Waals surface area contributed by atoms with E-state index in [1.165, 1.54) is 22.8 Å². The Bertz CT molecular complexity index is 550. The summed E-state index contributed by atoms with van der Waals surface area (Å²) < 4.78 is 5.45. The van der Waals surface area contributed by atoms with E-state index in [9.17, 15) is 0 Å². The van der Waals surface area contributed by atoms with Crippen molar-refractivity contribution in [3.8, 4) is 5.75 Å². The van der Waals surface area contributed by atoms with Crippen LogP contribution in [0.25, 0.3) is 10.8 Å². The van der Waals surface area contributed by atoms with Gasteiger partial charge in [0.05, 0.1) is 7.11 Å². The predicted molar refractivity (Wildman–Crippen MR) is 86.6 cm³/mol. The van der Waals surface area contributed by atoms with Crippen molar-refractivity contribution in [2.45, 2.75) is 39.2 Å². The van der Waals surface area contributed by atoms with Crippen molar-refractivity contribution in [3.05, 3.63) is 42.0 Å². The van der Waals surface area contributed by atoms with Gasteiger partial charge in [-0.05, 0) is 49.7 Å². The highest BCUT2D eigenvalue weighted by Crippen LogP contribution is 2.29. The van der Waals surface area contributed by atoms with Crippen molar-refractivity contribution in [3.63, 3.8) is 0 Å². The van der Waals surface area contributed by atoms with E-state index >= 15 is 0 Å². The molecule has 1 atom stereocenters. The van der Waals surface area contributed by atoms with E-state index < -0.39 is 0 Å². The van der Waals surface area contributed by atoms with Gasteiger partial charge in [-0.15, -0.1) is 0 Å². The number of rotatable bonds is 7. The van der Waals surface area contributed by atoms with Crippen LogP contribution in [0.5, 0.6) is 5.75 Å². The smallest absolute Gasteiger partial charge is 0.126 e. The Hall–Kier alpha value is -1.54. The third-order valence-corrected chi connectivity index (χ3v) is 3.78. The lowest BCUT2D eigenvalue weighted by Gasteiger charge is -2.15. The fraction of sp³-hybridized carbons (Fsp3) is 0.444. The van der Waals surface area contributed by atoms with Crippen LogP contribution < -0.4 is 10.1 Å². The maximum Gasteiger partial charge on any atom is 0.126 e. The van der Waals surface area contributed by atoms with E-state index in [0.717, 1.165) is 25.1 Å². The summed E-state index contributed by atoms with van der Waals surface area (Å²) in [5.74, 6) is 0.960. The van der Waals surface area contributed by atoms with Gasteiger partial charge in [-0.1, -0.05) is 37.3 Å². The number of methoxy groups -OCH3 is 1. The van der Waals surface area contributed by atoms with E-state index in [0.29, 0.717) is 6.04 Å². The largest absolute Gasteiger partial charge is 0.496 e. The van der Waals surface area contributed by atoms with Crippen molar-refractivity contribution in [2.24, 2.45) is 0 Å². The van der Waals surface area contributed by atoms with E-state index in [1.54, 1.807) is 7.11 Å². The molecule has 0 radical (unpaired) electrons. The van der Waals surface area contributed by atoms with Crippen LogP contribution in [0.1, 0.15) is 32.3 Å². The minimum atomic E-state index is 0.566. The quantitative estimate of drug-likeness (QED) is 0.816. The number of aryl methyl sites for hydroxylation is 1. The summed E-state index contributed by atoms with van der Waals surface area (Å²) in [6.07, 6.45) is 3.45. The number of benzene rings is 2. The maximum absolute atomic E-state index is 5.45. The molecule has 0 heterocycles. The van der Waals surface area contributed by atoms with Crippen molar-refractivity contribution in [2.75, 3.05) is 13.7 Å². The van der Waals surface area contributed by atoms with Crippen molar-refractivity contribution in [1.82, 2.24) is 5.32 Å². The summed E-state index contributed by atoms with van der Waals surface area (Å²) in [5.41, 5.74) is 1.41. The Labute approximate surface area is 122 Å². The van der Waals surface area contributed by atoms with Gasteiger partial charge in [0.1, 0.15) is 5.75 Å². The Kier molecular flexibility index (Phi) is 5.42. The number of hydrogen-bond donors (Lipinski definition) is 1. The zero-order valence-electron chi connectivity index (χ0n) is 12.8. The molecule has 0 bridgehead atoms. The molecule has 0 saturated heterocycles. The second-order valence-corrected chi connectivity index (χ2v) is 5.37. The summed E-state index contributed by atoms with van der Waals surface area (Å²) in [7, 11) is 1.73. The molecule has 0 spiro atoms. The molecule has 0 aliphatic rings. The molecule has 108 valence electrons. The van der Waals surface area contributed by atoms with Gasteiger partial charge in [-0.3, -0.25) is 0 Å². The standard InChI is InChI=1S/C18H25NO/c1-4-13-19-14(2)9-10-15-11-12-18(20-3)17-8-6-5-7-16(15)17/h5-8,11-12,14,19H,4,9-10,13H2,1-3H3. The zero-order chi connectivity index (χ0) is 14.4. The van der Waals surface area contributed by atoms with Crippen LogP contribution in [-0.4, -0.2) is 19.7 Å². The van der Waals surface area contributed by atoms with E-state index in [4.69, 9.17) is 4.74 Å². The normalized spacial score (nSPS) is 12.6. The van der Waals surface area contributed by atoms with Crippen LogP contribution in [0.4, 0.5) is 0 Å². The number of nitrogens with one attached hydrogen (secondary N) is 1. The molecular formula is C18H25NO. The Morgan fingerprint density at radius 1 is 1.10 bits per heavy atom. The van der Waals surface area contributed by atoms with Gasteiger partial charge < -0.3 is 10.1 Å². The molecule has 20 heavy (non-hydrogen) atoms. The first-order valence-corrected chi connectivity index (χ1v) is 7.54. The molecule has 0 aromatic heterocycles. The molecule has 0 saturated carbocycles. The molecule has 0 amide bonds. The van der Waals surface area contributed by atoms with Gasteiger partial charge in [0.2, 0.25) is 0 Å². The highest BCUT2D eigenvalue weighted by atomic mass is 16.5. The first kappa shape index (κ1) is 14.9. The van der Waals surface area contributed by atoms with Crippen molar-refractivity contribution >= 4 is 10.8 Å². The molecule has 2 aromatic carbocycles. The van der Waals surface area contributed by atoms with Gasteiger partial charge in [0.25, 0.3) is 0 Å². The fourth-order valence-electron chi connectivity index (χ4n) is 2.59. The SMILES string of the molecule is CCCNC(C)CCc1ccc(OC)c2ccccc12. The zero-order valence-corrected chi connectivity index (χ0v) is 12.8. The summed E-state index contributed by atoms with van der Waals surface area (Å²) in [4.78, 5) is 0. The Balaban J connectivity index is 2.14. The molecule has 0 fully saturated rings. The van der Waals surface area contributed by atoms with Crippen molar-refractivity contribution < 1.29 is 4.74 Å². The average Bonchev–Trinajstić information content (AvgIpc) is 2.50. The number of ether oxygens (including phenoxy) is 1. The Morgan fingerprint density at radius 2 is 1.85 bits per heavy atom. The van der Waals surface area contributed by atoms with Gasteiger partial charge in [-0.25, -0.2) is 0 Å². The Morgan fingerprint density at radius 3 is 2.55 bits per heavy atom. The first-order chi connectivity index (χ1) is 9.76. The first-order valence-electron chi connectivity index (χ1n) is 7.54. The summed E-state index contributed by atoms with van der Waals surface area (Å²) in [6, 6.07) is 13.4. The minimum Gasteiger partial charge on any atom is -0.496 e. The lowest BCUT2D eigenvalue weighted by Crippen LogP contribution is -2.27. The third kappa shape index (κ3) is 3.51. The molecule has 0 aliphatic heterocycles. The van der Waals surface area contributed by atoms with Crippen LogP contribution in [0.15, 0.2) is 36.4 Å². The van der Waals surface area contributed by atoms with Crippen LogP contribution in [0.2, 0.25) is 0 Å². The van der Waals surface area contributed by atoms with E-state index in [2.05, 4.69) is 55.6 Å². The van der Waals surface area contributed by atoms with E-state index in [-0.39, 0.29) is 0 Å². The van der Waals surface area contributed by atoms with Gasteiger partial charge in [-0.2, -0.15) is 0 Å². The third-order valence-electron chi connectivity index (χ3n) is 3.78. The molecule has 2 aromatic rings. The van der Waals surface area contributed by atoms with Crippen LogP contribution in [0, 0.1) is 0 Å². The average molecular weight is 271 g/mol. The maximum atomic E-state index is 5.45. The summed E-state index contributed by atoms with van der Waals surface area (Å²) in [5, 5.41) is 6.07. The van der Waals surface area contributed by atoms with Crippen LogP contribution in [0.3, 0.4) is 0 Å². The van der Waals surface area contributed by atoms with Gasteiger partial charge in [0, 0.05) is 11.4 Å². The molecule has 2 heteroatoms. The lowest BCUT2D eigenvalue weighted by molar-refractivity contribution is 0.419.